The number of aliphatic hydroxyl groups excluding tert-OH is 1. The maximum atomic E-state index is 10.5. The molecule has 0 atom stereocenters. The molecular weight excluding hydrogens is 282 g/mol. The summed E-state index contributed by atoms with van der Waals surface area (Å²) in [5.74, 6) is 0.901. The van der Waals surface area contributed by atoms with E-state index in [2.05, 4.69) is 18.3 Å². The van der Waals surface area contributed by atoms with E-state index in [0.29, 0.717) is 6.61 Å². The summed E-state index contributed by atoms with van der Waals surface area (Å²) in [6.45, 7) is 8.05. The number of amides is 1. The Labute approximate surface area is 133 Å². The van der Waals surface area contributed by atoms with Crippen molar-refractivity contribution >= 4 is 6.09 Å². The molecule has 0 aliphatic carbocycles. The first-order valence-electron chi connectivity index (χ1n) is 7.56. The number of rotatable bonds is 5. The number of carbonyl (C=O) groups is 1. The molecular formula is C17H29NO4. The third-order valence-electron chi connectivity index (χ3n) is 2.44. The molecule has 0 saturated heterocycles. The van der Waals surface area contributed by atoms with Crippen LogP contribution in [0, 0.1) is 0 Å². The fraction of sp³-hybridized carbons (Fsp3) is 0.588. The minimum Gasteiger partial charge on any atom is -0.491 e. The number of aliphatic hydroxyl groups is 1. The van der Waals surface area contributed by atoms with Gasteiger partial charge in [0.25, 0.3) is 0 Å². The van der Waals surface area contributed by atoms with Crippen LogP contribution >= 0.6 is 0 Å². The number of aryl methyl sites for hydroxylation is 1. The van der Waals surface area contributed by atoms with Gasteiger partial charge in [-0.3, -0.25) is 0 Å². The zero-order chi connectivity index (χ0) is 17.0. The normalized spacial score (nSPS) is 10.3. The summed E-state index contributed by atoms with van der Waals surface area (Å²) in [4.78, 5) is 10.5. The molecule has 5 heteroatoms. The number of nitrogens with one attached hydrogen (secondary N) is 1. The summed E-state index contributed by atoms with van der Waals surface area (Å²) in [5, 5.41) is 11.0. The number of ether oxygens (including phenoxy) is 2. The molecule has 5 nitrogen and oxygen atoms in total. The van der Waals surface area contributed by atoms with Crippen molar-refractivity contribution in [3.8, 4) is 5.75 Å². The van der Waals surface area contributed by atoms with E-state index in [0.717, 1.165) is 18.6 Å². The topological polar surface area (TPSA) is 67.8 Å². The van der Waals surface area contributed by atoms with Gasteiger partial charge in [-0.1, -0.05) is 31.5 Å². The maximum absolute atomic E-state index is 10.5. The van der Waals surface area contributed by atoms with Crippen molar-refractivity contribution in [2.45, 2.75) is 46.1 Å². The zero-order valence-corrected chi connectivity index (χ0v) is 14.3. The lowest BCUT2D eigenvalue weighted by Gasteiger charge is -2.18. The Balaban J connectivity index is 0.000000433. The van der Waals surface area contributed by atoms with Crippen molar-refractivity contribution in [2.75, 3.05) is 20.3 Å². The molecule has 0 unspecified atom stereocenters. The lowest BCUT2D eigenvalue weighted by atomic mass is 10.1. The first-order chi connectivity index (χ1) is 10.3. The molecule has 0 saturated carbocycles. The summed E-state index contributed by atoms with van der Waals surface area (Å²) in [6, 6.07) is 7.97. The van der Waals surface area contributed by atoms with Gasteiger partial charge < -0.3 is 19.9 Å². The smallest absolute Gasteiger partial charge is 0.407 e. The van der Waals surface area contributed by atoms with Gasteiger partial charge in [-0.05, 0) is 38.8 Å². The quantitative estimate of drug-likeness (QED) is 0.876. The first-order valence-corrected chi connectivity index (χ1v) is 7.56. The lowest BCUT2D eigenvalue weighted by Crippen LogP contribution is -2.30. The van der Waals surface area contributed by atoms with Gasteiger partial charge in [0.15, 0.2) is 0 Å². The largest absolute Gasteiger partial charge is 0.491 e. The van der Waals surface area contributed by atoms with Crippen LogP contribution in [0.25, 0.3) is 0 Å². The molecule has 1 aromatic rings. The van der Waals surface area contributed by atoms with Gasteiger partial charge in [0.1, 0.15) is 18.0 Å². The molecule has 1 aromatic carbocycles. The highest BCUT2D eigenvalue weighted by Gasteiger charge is 2.13. The van der Waals surface area contributed by atoms with Crippen LogP contribution in [0.15, 0.2) is 24.3 Å². The molecule has 0 aromatic heterocycles. The average Bonchev–Trinajstić information content (AvgIpc) is 2.45. The molecule has 0 aliphatic rings. The van der Waals surface area contributed by atoms with Gasteiger partial charge in [-0.15, -0.1) is 0 Å². The van der Waals surface area contributed by atoms with Crippen LogP contribution in [0.5, 0.6) is 5.75 Å². The highest BCUT2D eigenvalue weighted by Crippen LogP contribution is 2.19. The van der Waals surface area contributed by atoms with Crippen LogP contribution < -0.4 is 10.1 Å². The molecule has 0 radical (unpaired) electrons. The van der Waals surface area contributed by atoms with Crippen LogP contribution in [-0.4, -0.2) is 37.1 Å². The summed E-state index contributed by atoms with van der Waals surface area (Å²) < 4.78 is 10.2. The van der Waals surface area contributed by atoms with E-state index in [4.69, 9.17) is 14.6 Å². The highest BCUT2D eigenvalue weighted by atomic mass is 16.6. The fourth-order valence-electron chi connectivity index (χ4n) is 1.61. The monoisotopic (exact) mass is 311 g/mol. The van der Waals surface area contributed by atoms with Crippen LogP contribution in [0.2, 0.25) is 0 Å². The van der Waals surface area contributed by atoms with Gasteiger partial charge in [0.05, 0.1) is 6.61 Å². The minimum absolute atomic E-state index is 0.0699. The van der Waals surface area contributed by atoms with Gasteiger partial charge in [0.2, 0.25) is 0 Å². The third kappa shape index (κ3) is 10.0. The number of hydrogen-bond acceptors (Lipinski definition) is 4. The lowest BCUT2D eigenvalue weighted by molar-refractivity contribution is 0.0541. The number of para-hydroxylation sites is 1. The van der Waals surface area contributed by atoms with Crippen LogP contribution in [0.3, 0.4) is 0 Å². The molecule has 1 rings (SSSR count). The Kier molecular flexibility index (Phi) is 10.0. The molecule has 1 amide bonds. The summed E-state index contributed by atoms with van der Waals surface area (Å²) in [6.07, 6.45) is 1.75. The van der Waals surface area contributed by atoms with E-state index in [1.54, 1.807) is 0 Å². The van der Waals surface area contributed by atoms with Crippen molar-refractivity contribution < 1.29 is 19.4 Å². The van der Waals surface area contributed by atoms with Gasteiger partial charge >= 0.3 is 6.09 Å². The van der Waals surface area contributed by atoms with E-state index in [1.807, 2.05) is 39.0 Å². The Morgan fingerprint density at radius 1 is 1.27 bits per heavy atom. The van der Waals surface area contributed by atoms with Crippen molar-refractivity contribution in [2.24, 2.45) is 0 Å². The van der Waals surface area contributed by atoms with Gasteiger partial charge in [-0.25, -0.2) is 4.79 Å². The summed E-state index contributed by atoms with van der Waals surface area (Å²) in [5.41, 5.74) is 0.832. The average molecular weight is 311 g/mol. The SMILES string of the molecule is CCCc1ccccc1OCCO.CNC(=O)OC(C)(C)C. The molecule has 0 spiro atoms. The number of hydrogen-bond donors (Lipinski definition) is 2. The van der Waals surface area contributed by atoms with Crippen LogP contribution in [0.1, 0.15) is 39.7 Å². The fourth-order valence-corrected chi connectivity index (χ4v) is 1.61. The molecule has 0 heterocycles. The van der Waals surface area contributed by atoms with Crippen molar-refractivity contribution in [1.29, 1.82) is 0 Å². The molecule has 2 N–H and O–H groups in total. The van der Waals surface area contributed by atoms with Crippen LogP contribution in [0.4, 0.5) is 4.79 Å². The summed E-state index contributed by atoms with van der Waals surface area (Å²) >= 11 is 0. The Morgan fingerprint density at radius 3 is 2.36 bits per heavy atom. The van der Waals surface area contributed by atoms with E-state index in [9.17, 15) is 4.79 Å². The van der Waals surface area contributed by atoms with Gasteiger partial charge in [0, 0.05) is 7.05 Å². The van der Waals surface area contributed by atoms with Crippen molar-refractivity contribution in [1.82, 2.24) is 5.32 Å². The Morgan fingerprint density at radius 2 is 1.91 bits per heavy atom. The Bertz CT molecular complexity index is 427. The number of benzene rings is 1. The minimum atomic E-state index is -0.389. The second-order valence-electron chi connectivity index (χ2n) is 5.68. The van der Waals surface area contributed by atoms with Crippen LogP contribution in [-0.2, 0) is 11.2 Å². The van der Waals surface area contributed by atoms with Crippen molar-refractivity contribution in [3.05, 3.63) is 29.8 Å². The summed E-state index contributed by atoms with van der Waals surface area (Å²) in [7, 11) is 1.54. The van der Waals surface area contributed by atoms with E-state index in [1.165, 1.54) is 12.6 Å². The van der Waals surface area contributed by atoms with Crippen molar-refractivity contribution in [3.63, 3.8) is 0 Å². The van der Waals surface area contributed by atoms with E-state index in [-0.39, 0.29) is 18.3 Å². The predicted molar refractivity (Wildman–Crippen MR) is 88.3 cm³/mol. The standard InChI is InChI=1S/C11H16O2.C6H13NO2/c1-2-5-10-6-3-4-7-11(10)13-9-8-12;1-6(2,3)9-5(8)7-4/h3-4,6-7,12H,2,5,8-9H2,1H3;1-4H3,(H,7,8). The number of alkyl carbamates (subject to hydrolysis) is 1. The predicted octanol–water partition coefficient (Wildman–Crippen LogP) is 3.15. The number of carbonyl (C=O) groups excluding carboxylic acids is 1. The molecule has 0 fully saturated rings. The molecule has 126 valence electrons. The second-order valence-corrected chi connectivity index (χ2v) is 5.68. The molecule has 0 aliphatic heterocycles. The second kappa shape index (κ2) is 10.9. The van der Waals surface area contributed by atoms with E-state index < -0.39 is 0 Å². The third-order valence-corrected chi connectivity index (χ3v) is 2.44. The maximum Gasteiger partial charge on any atom is 0.407 e. The molecule has 22 heavy (non-hydrogen) atoms. The Hall–Kier alpha value is -1.75. The van der Waals surface area contributed by atoms with E-state index >= 15 is 0 Å². The highest BCUT2D eigenvalue weighted by molar-refractivity contribution is 5.67. The first kappa shape index (κ1) is 20.2. The molecule has 0 bridgehead atoms. The zero-order valence-electron chi connectivity index (χ0n) is 14.3. The van der Waals surface area contributed by atoms with Gasteiger partial charge in [-0.2, -0.15) is 0 Å².